The highest BCUT2D eigenvalue weighted by molar-refractivity contribution is 5.83. The van der Waals surface area contributed by atoms with Crippen molar-refractivity contribution in [1.29, 1.82) is 0 Å². The van der Waals surface area contributed by atoms with E-state index in [0.717, 1.165) is 25.9 Å². The summed E-state index contributed by atoms with van der Waals surface area (Å²) in [7, 11) is 0. The van der Waals surface area contributed by atoms with Gasteiger partial charge in [-0.25, -0.2) is 0 Å². The molecule has 0 aromatic carbocycles. The molecule has 0 aliphatic carbocycles. The standard InChI is InChI=1S/C12H24N2O2/c1-5-12(4)8-9(6-7-16-12)14-11(2,3)10(13)15/h9,14H,5-8H2,1-4H3,(H2,13,15). The van der Waals surface area contributed by atoms with Crippen molar-refractivity contribution in [2.45, 2.75) is 64.1 Å². The average molecular weight is 228 g/mol. The third kappa shape index (κ3) is 3.19. The maximum absolute atomic E-state index is 11.3. The van der Waals surface area contributed by atoms with E-state index in [4.69, 9.17) is 10.5 Å². The molecule has 1 rings (SSSR count). The summed E-state index contributed by atoms with van der Waals surface area (Å²) in [6.07, 6.45) is 2.86. The summed E-state index contributed by atoms with van der Waals surface area (Å²) >= 11 is 0. The zero-order valence-electron chi connectivity index (χ0n) is 10.8. The van der Waals surface area contributed by atoms with Gasteiger partial charge < -0.3 is 15.8 Å². The number of primary amides is 1. The van der Waals surface area contributed by atoms with E-state index in [2.05, 4.69) is 19.2 Å². The minimum absolute atomic E-state index is 0.0658. The van der Waals surface area contributed by atoms with Gasteiger partial charge in [-0.3, -0.25) is 4.79 Å². The number of carbonyl (C=O) groups is 1. The molecule has 4 heteroatoms. The summed E-state index contributed by atoms with van der Waals surface area (Å²) in [4.78, 5) is 11.3. The maximum atomic E-state index is 11.3. The minimum atomic E-state index is -0.642. The Labute approximate surface area is 97.9 Å². The molecule has 1 aliphatic rings. The van der Waals surface area contributed by atoms with Gasteiger partial charge in [0.05, 0.1) is 11.1 Å². The number of nitrogens with one attached hydrogen (secondary N) is 1. The van der Waals surface area contributed by atoms with Crippen molar-refractivity contribution in [3.63, 3.8) is 0 Å². The molecule has 1 saturated heterocycles. The average Bonchev–Trinajstić information content (AvgIpc) is 2.17. The second kappa shape index (κ2) is 4.72. The Hall–Kier alpha value is -0.610. The minimum Gasteiger partial charge on any atom is -0.375 e. The van der Waals surface area contributed by atoms with Crippen LogP contribution >= 0.6 is 0 Å². The molecule has 0 saturated carbocycles. The summed E-state index contributed by atoms with van der Waals surface area (Å²) in [5.74, 6) is -0.308. The van der Waals surface area contributed by atoms with Gasteiger partial charge in [-0.15, -0.1) is 0 Å². The molecule has 1 amide bonds. The van der Waals surface area contributed by atoms with Crippen LogP contribution in [-0.4, -0.2) is 29.7 Å². The summed E-state index contributed by atoms with van der Waals surface area (Å²) in [5.41, 5.74) is 4.65. The van der Waals surface area contributed by atoms with Crippen molar-refractivity contribution in [3.05, 3.63) is 0 Å². The van der Waals surface area contributed by atoms with Crippen LogP contribution in [0.25, 0.3) is 0 Å². The second-order valence-electron chi connectivity index (χ2n) is 5.48. The van der Waals surface area contributed by atoms with E-state index in [-0.39, 0.29) is 11.5 Å². The van der Waals surface area contributed by atoms with Crippen molar-refractivity contribution in [3.8, 4) is 0 Å². The lowest BCUT2D eigenvalue weighted by Gasteiger charge is -2.40. The van der Waals surface area contributed by atoms with E-state index in [1.54, 1.807) is 0 Å². The molecular formula is C12H24N2O2. The molecule has 1 heterocycles. The number of carbonyl (C=O) groups excluding carboxylic acids is 1. The first-order valence-electron chi connectivity index (χ1n) is 6.00. The van der Waals surface area contributed by atoms with Crippen LogP contribution in [-0.2, 0) is 9.53 Å². The van der Waals surface area contributed by atoms with Crippen LogP contribution in [0.1, 0.15) is 47.0 Å². The number of ether oxygens (including phenoxy) is 1. The Morgan fingerprint density at radius 2 is 2.25 bits per heavy atom. The molecule has 2 unspecified atom stereocenters. The van der Waals surface area contributed by atoms with E-state index in [0.29, 0.717) is 6.04 Å². The zero-order valence-corrected chi connectivity index (χ0v) is 10.8. The molecule has 3 N–H and O–H groups in total. The largest absolute Gasteiger partial charge is 0.375 e. The van der Waals surface area contributed by atoms with Crippen LogP contribution in [0.5, 0.6) is 0 Å². The van der Waals surface area contributed by atoms with Crippen LogP contribution < -0.4 is 11.1 Å². The van der Waals surface area contributed by atoms with Gasteiger partial charge in [0.1, 0.15) is 0 Å². The molecule has 1 fully saturated rings. The molecule has 4 nitrogen and oxygen atoms in total. The molecule has 0 radical (unpaired) electrons. The third-order valence-corrected chi connectivity index (χ3v) is 3.52. The van der Waals surface area contributed by atoms with E-state index >= 15 is 0 Å². The maximum Gasteiger partial charge on any atom is 0.237 e. The van der Waals surface area contributed by atoms with Crippen molar-refractivity contribution >= 4 is 5.91 Å². The summed E-state index contributed by atoms with van der Waals surface area (Å²) in [5, 5.41) is 3.33. The van der Waals surface area contributed by atoms with Crippen LogP contribution in [0.3, 0.4) is 0 Å². The first-order chi connectivity index (χ1) is 7.29. The quantitative estimate of drug-likeness (QED) is 0.759. The first-order valence-corrected chi connectivity index (χ1v) is 6.00. The van der Waals surface area contributed by atoms with Crippen molar-refractivity contribution in [2.24, 2.45) is 5.73 Å². The van der Waals surface area contributed by atoms with Gasteiger partial charge in [-0.2, -0.15) is 0 Å². The lowest BCUT2D eigenvalue weighted by molar-refractivity contribution is -0.125. The van der Waals surface area contributed by atoms with Crippen molar-refractivity contribution in [1.82, 2.24) is 5.32 Å². The zero-order chi connectivity index (χ0) is 12.4. The van der Waals surface area contributed by atoms with Gasteiger partial charge in [-0.1, -0.05) is 6.92 Å². The number of amides is 1. The fourth-order valence-corrected chi connectivity index (χ4v) is 2.08. The van der Waals surface area contributed by atoms with Crippen LogP contribution in [0.4, 0.5) is 0 Å². The van der Waals surface area contributed by atoms with Gasteiger partial charge in [0.2, 0.25) is 5.91 Å². The molecule has 94 valence electrons. The second-order valence-corrected chi connectivity index (χ2v) is 5.48. The van der Waals surface area contributed by atoms with Gasteiger partial charge >= 0.3 is 0 Å². The Balaban J connectivity index is 2.59. The highest BCUT2D eigenvalue weighted by Crippen LogP contribution is 2.28. The van der Waals surface area contributed by atoms with Crippen LogP contribution in [0, 0.1) is 0 Å². The topological polar surface area (TPSA) is 64.3 Å². The molecular weight excluding hydrogens is 204 g/mol. The molecule has 2 atom stereocenters. The van der Waals surface area contributed by atoms with E-state index in [1.807, 2.05) is 13.8 Å². The van der Waals surface area contributed by atoms with Crippen molar-refractivity contribution < 1.29 is 9.53 Å². The fourth-order valence-electron chi connectivity index (χ4n) is 2.08. The smallest absolute Gasteiger partial charge is 0.237 e. The number of hydrogen-bond acceptors (Lipinski definition) is 3. The van der Waals surface area contributed by atoms with Gasteiger partial charge in [0.15, 0.2) is 0 Å². The molecule has 0 aromatic heterocycles. The highest BCUT2D eigenvalue weighted by Gasteiger charge is 2.35. The summed E-state index contributed by atoms with van der Waals surface area (Å²) < 4.78 is 5.76. The lowest BCUT2D eigenvalue weighted by Crippen LogP contribution is -2.57. The Morgan fingerprint density at radius 3 is 2.75 bits per heavy atom. The van der Waals surface area contributed by atoms with Gasteiger partial charge in [0, 0.05) is 12.6 Å². The van der Waals surface area contributed by atoms with E-state index < -0.39 is 5.54 Å². The molecule has 0 bridgehead atoms. The third-order valence-electron chi connectivity index (χ3n) is 3.52. The summed E-state index contributed by atoms with van der Waals surface area (Å²) in [6.45, 7) is 8.65. The Bertz CT molecular complexity index is 266. The van der Waals surface area contributed by atoms with Crippen LogP contribution in [0.2, 0.25) is 0 Å². The predicted molar refractivity (Wildman–Crippen MR) is 64.1 cm³/mol. The predicted octanol–water partition coefficient (Wildman–Crippen LogP) is 1.19. The number of nitrogens with two attached hydrogens (primary N) is 1. The number of rotatable bonds is 4. The van der Waals surface area contributed by atoms with Gasteiger partial charge in [-0.05, 0) is 40.0 Å². The van der Waals surface area contributed by atoms with Crippen LogP contribution in [0.15, 0.2) is 0 Å². The van der Waals surface area contributed by atoms with E-state index in [1.165, 1.54) is 0 Å². The molecule has 0 spiro atoms. The highest BCUT2D eigenvalue weighted by atomic mass is 16.5. The first kappa shape index (κ1) is 13.5. The Kier molecular flexibility index (Phi) is 3.97. The van der Waals surface area contributed by atoms with Crippen molar-refractivity contribution in [2.75, 3.05) is 6.61 Å². The molecule has 16 heavy (non-hydrogen) atoms. The molecule has 0 aromatic rings. The summed E-state index contributed by atoms with van der Waals surface area (Å²) in [6, 6.07) is 0.307. The SMILES string of the molecule is CCC1(C)CC(NC(C)(C)C(N)=O)CCO1. The van der Waals surface area contributed by atoms with E-state index in [9.17, 15) is 4.79 Å². The monoisotopic (exact) mass is 228 g/mol. The fraction of sp³-hybridized carbons (Fsp3) is 0.917. The molecule has 1 aliphatic heterocycles. The lowest BCUT2D eigenvalue weighted by atomic mass is 9.88. The number of hydrogen-bond donors (Lipinski definition) is 2. The van der Waals surface area contributed by atoms with Gasteiger partial charge in [0.25, 0.3) is 0 Å². The normalized spacial score (nSPS) is 31.4. The Morgan fingerprint density at radius 1 is 1.62 bits per heavy atom.